The summed E-state index contributed by atoms with van der Waals surface area (Å²) in [5.74, 6) is 0. The molecular formula is C12H14N2S. The normalized spacial score (nSPS) is 10.8. The number of benzene rings is 1. The number of imidazole rings is 1. The molecule has 15 heavy (non-hydrogen) atoms. The SMILES string of the molecule is C=C(C)Cn1c(=S)n(C)c2ccccc21. The van der Waals surface area contributed by atoms with E-state index in [1.165, 1.54) is 11.0 Å². The molecule has 2 rings (SSSR count). The molecule has 1 heterocycles. The number of aromatic nitrogens is 2. The molecule has 0 atom stereocenters. The van der Waals surface area contributed by atoms with Crippen molar-refractivity contribution in [2.45, 2.75) is 13.5 Å². The number of fused-ring (bicyclic) bond motifs is 1. The number of allylic oxidation sites excluding steroid dienone is 1. The molecule has 0 saturated heterocycles. The van der Waals surface area contributed by atoms with Gasteiger partial charge in [0, 0.05) is 13.6 Å². The van der Waals surface area contributed by atoms with E-state index in [1.54, 1.807) is 0 Å². The Bertz CT molecular complexity index is 575. The number of hydrogen-bond acceptors (Lipinski definition) is 1. The molecule has 0 aliphatic rings. The fourth-order valence-electron chi connectivity index (χ4n) is 1.79. The minimum absolute atomic E-state index is 0.792. The third-order valence-corrected chi connectivity index (χ3v) is 2.97. The zero-order chi connectivity index (χ0) is 11.0. The lowest BCUT2D eigenvalue weighted by Crippen LogP contribution is -1.99. The van der Waals surface area contributed by atoms with Crippen LogP contribution in [0.25, 0.3) is 11.0 Å². The average Bonchev–Trinajstić information content (AvgIpc) is 2.44. The van der Waals surface area contributed by atoms with Crippen molar-refractivity contribution in [2.75, 3.05) is 0 Å². The van der Waals surface area contributed by atoms with Crippen molar-refractivity contribution >= 4 is 23.3 Å². The molecule has 0 amide bonds. The van der Waals surface area contributed by atoms with Crippen molar-refractivity contribution in [2.24, 2.45) is 7.05 Å². The van der Waals surface area contributed by atoms with Gasteiger partial charge in [-0.3, -0.25) is 0 Å². The average molecular weight is 218 g/mol. The van der Waals surface area contributed by atoms with Crippen LogP contribution in [0.4, 0.5) is 0 Å². The van der Waals surface area contributed by atoms with E-state index in [-0.39, 0.29) is 0 Å². The molecule has 0 spiro atoms. The van der Waals surface area contributed by atoms with Crippen LogP contribution in [-0.4, -0.2) is 9.13 Å². The number of rotatable bonds is 2. The van der Waals surface area contributed by atoms with E-state index in [9.17, 15) is 0 Å². The molecule has 1 aromatic carbocycles. The fourth-order valence-corrected chi connectivity index (χ4v) is 2.05. The summed E-state index contributed by atoms with van der Waals surface area (Å²) in [6.07, 6.45) is 0. The fraction of sp³-hybridized carbons (Fsp3) is 0.250. The zero-order valence-corrected chi connectivity index (χ0v) is 9.84. The molecule has 78 valence electrons. The molecule has 0 saturated carbocycles. The van der Waals surface area contributed by atoms with Crippen LogP contribution in [0.1, 0.15) is 6.92 Å². The van der Waals surface area contributed by atoms with Crippen molar-refractivity contribution in [1.29, 1.82) is 0 Å². The predicted molar refractivity (Wildman–Crippen MR) is 66.6 cm³/mol. The van der Waals surface area contributed by atoms with Gasteiger partial charge in [-0.1, -0.05) is 24.3 Å². The number of nitrogens with zero attached hydrogens (tertiary/aromatic N) is 2. The minimum atomic E-state index is 0.792. The Morgan fingerprint density at radius 3 is 2.53 bits per heavy atom. The monoisotopic (exact) mass is 218 g/mol. The Balaban J connectivity index is 2.78. The van der Waals surface area contributed by atoms with E-state index in [2.05, 4.69) is 23.3 Å². The van der Waals surface area contributed by atoms with Gasteiger partial charge < -0.3 is 9.13 Å². The van der Waals surface area contributed by atoms with Crippen molar-refractivity contribution in [1.82, 2.24) is 9.13 Å². The largest absolute Gasteiger partial charge is 0.320 e. The maximum atomic E-state index is 5.40. The summed E-state index contributed by atoms with van der Waals surface area (Å²) in [4.78, 5) is 0. The van der Waals surface area contributed by atoms with Crippen LogP contribution in [0.5, 0.6) is 0 Å². The number of aryl methyl sites for hydroxylation is 1. The van der Waals surface area contributed by atoms with Gasteiger partial charge in [0.05, 0.1) is 11.0 Å². The topological polar surface area (TPSA) is 9.86 Å². The van der Waals surface area contributed by atoms with E-state index in [0.717, 1.165) is 16.9 Å². The smallest absolute Gasteiger partial charge is 0.180 e. The van der Waals surface area contributed by atoms with E-state index in [4.69, 9.17) is 12.2 Å². The highest BCUT2D eigenvalue weighted by Crippen LogP contribution is 2.17. The van der Waals surface area contributed by atoms with Gasteiger partial charge in [-0.25, -0.2) is 0 Å². The highest BCUT2D eigenvalue weighted by Gasteiger charge is 2.06. The maximum absolute atomic E-state index is 5.40. The Hall–Kier alpha value is -1.35. The van der Waals surface area contributed by atoms with Gasteiger partial charge in [-0.05, 0) is 31.3 Å². The Morgan fingerprint density at radius 1 is 1.33 bits per heavy atom. The molecule has 0 bridgehead atoms. The number of hydrogen-bond donors (Lipinski definition) is 0. The van der Waals surface area contributed by atoms with Gasteiger partial charge in [0.2, 0.25) is 0 Å². The van der Waals surface area contributed by atoms with E-state index in [0.29, 0.717) is 0 Å². The molecule has 1 aromatic heterocycles. The summed E-state index contributed by atoms with van der Waals surface area (Å²) in [6, 6.07) is 8.24. The first kappa shape index (κ1) is 10.2. The van der Waals surface area contributed by atoms with Gasteiger partial charge in [0.25, 0.3) is 0 Å². The summed E-state index contributed by atoms with van der Waals surface area (Å²) in [5.41, 5.74) is 3.46. The zero-order valence-electron chi connectivity index (χ0n) is 9.03. The lowest BCUT2D eigenvalue weighted by atomic mass is 10.3. The third-order valence-electron chi connectivity index (χ3n) is 2.48. The molecule has 0 N–H and O–H groups in total. The van der Waals surface area contributed by atoms with Crippen LogP contribution < -0.4 is 0 Å². The second kappa shape index (κ2) is 3.66. The van der Waals surface area contributed by atoms with Crippen molar-refractivity contribution in [3.63, 3.8) is 0 Å². The highest BCUT2D eigenvalue weighted by atomic mass is 32.1. The highest BCUT2D eigenvalue weighted by molar-refractivity contribution is 7.71. The molecule has 3 heteroatoms. The van der Waals surface area contributed by atoms with E-state index < -0.39 is 0 Å². The summed E-state index contributed by atoms with van der Waals surface area (Å²) in [7, 11) is 2.00. The minimum Gasteiger partial charge on any atom is -0.320 e. The van der Waals surface area contributed by atoms with Crippen LogP contribution >= 0.6 is 12.2 Å². The molecule has 0 unspecified atom stereocenters. The Morgan fingerprint density at radius 2 is 1.93 bits per heavy atom. The second-order valence-corrected chi connectivity index (χ2v) is 4.24. The molecule has 0 radical (unpaired) electrons. The second-order valence-electron chi connectivity index (χ2n) is 3.87. The van der Waals surface area contributed by atoms with Gasteiger partial charge in [0.1, 0.15) is 0 Å². The van der Waals surface area contributed by atoms with Crippen LogP contribution in [0.3, 0.4) is 0 Å². The standard InChI is InChI=1S/C12H14N2S/c1-9(2)8-14-11-7-5-4-6-10(11)13(3)12(14)15/h4-7H,1,8H2,2-3H3. The van der Waals surface area contributed by atoms with Crippen LogP contribution in [-0.2, 0) is 13.6 Å². The van der Waals surface area contributed by atoms with Gasteiger partial charge in [-0.15, -0.1) is 0 Å². The quantitative estimate of drug-likeness (QED) is 0.555. The molecule has 2 aromatic rings. The first-order valence-corrected chi connectivity index (χ1v) is 5.30. The number of para-hydroxylation sites is 2. The van der Waals surface area contributed by atoms with Crippen molar-refractivity contribution in [3.8, 4) is 0 Å². The Labute approximate surface area is 94.5 Å². The van der Waals surface area contributed by atoms with Crippen LogP contribution in [0.2, 0.25) is 0 Å². The van der Waals surface area contributed by atoms with Gasteiger partial charge in [0.15, 0.2) is 4.77 Å². The summed E-state index contributed by atoms with van der Waals surface area (Å²) < 4.78 is 5.00. The van der Waals surface area contributed by atoms with Crippen LogP contribution in [0.15, 0.2) is 36.4 Å². The first-order chi connectivity index (χ1) is 7.11. The summed E-state index contributed by atoms with van der Waals surface area (Å²) >= 11 is 5.40. The molecule has 0 aliphatic heterocycles. The van der Waals surface area contributed by atoms with Crippen molar-refractivity contribution < 1.29 is 0 Å². The van der Waals surface area contributed by atoms with E-state index >= 15 is 0 Å². The third kappa shape index (κ3) is 1.63. The summed E-state index contributed by atoms with van der Waals surface area (Å²) in [5, 5.41) is 0. The van der Waals surface area contributed by atoms with Gasteiger partial charge >= 0.3 is 0 Å². The molecule has 0 fully saturated rings. The van der Waals surface area contributed by atoms with E-state index in [1.807, 2.05) is 30.7 Å². The van der Waals surface area contributed by atoms with Crippen LogP contribution in [0, 0.1) is 4.77 Å². The molecule has 2 nitrogen and oxygen atoms in total. The van der Waals surface area contributed by atoms with Crippen molar-refractivity contribution in [3.05, 3.63) is 41.2 Å². The predicted octanol–water partition coefficient (Wildman–Crippen LogP) is 3.29. The molecular weight excluding hydrogens is 204 g/mol. The van der Waals surface area contributed by atoms with Gasteiger partial charge in [-0.2, -0.15) is 0 Å². The Kier molecular flexibility index (Phi) is 2.49. The summed E-state index contributed by atoms with van der Waals surface area (Å²) in [6.45, 7) is 6.74. The molecule has 0 aliphatic carbocycles. The lowest BCUT2D eigenvalue weighted by Gasteiger charge is -2.02. The first-order valence-electron chi connectivity index (χ1n) is 4.90. The lowest BCUT2D eigenvalue weighted by molar-refractivity contribution is 0.758. The maximum Gasteiger partial charge on any atom is 0.180 e.